The molecule has 0 saturated heterocycles. The largest absolute Gasteiger partial charge is 0.478 e. The van der Waals surface area contributed by atoms with E-state index in [1.54, 1.807) is 0 Å². The van der Waals surface area contributed by atoms with Gasteiger partial charge in [-0.2, -0.15) is 4.31 Å². The van der Waals surface area contributed by atoms with Gasteiger partial charge >= 0.3 is 11.9 Å². The molecule has 9 heteroatoms. The number of carboxylic acid groups (broad SMARTS) is 1. The number of carboxylic acids is 1. The van der Waals surface area contributed by atoms with Crippen molar-refractivity contribution in [1.82, 2.24) is 4.31 Å². The van der Waals surface area contributed by atoms with Crippen LogP contribution in [-0.4, -0.2) is 50.5 Å². The first kappa shape index (κ1) is 17.1. The minimum Gasteiger partial charge on any atom is -0.478 e. The summed E-state index contributed by atoms with van der Waals surface area (Å²) in [4.78, 5) is 21.5. The average Bonchev–Trinajstić information content (AvgIpc) is 2.40. The van der Waals surface area contributed by atoms with E-state index in [0.717, 1.165) is 26.3 Å². The molecule has 0 aliphatic rings. The Morgan fingerprint density at radius 1 is 1.38 bits per heavy atom. The van der Waals surface area contributed by atoms with Crippen molar-refractivity contribution in [2.75, 3.05) is 20.7 Å². The van der Waals surface area contributed by atoms with Crippen molar-refractivity contribution in [2.24, 2.45) is 0 Å². The number of methoxy groups -OCH3 is 1. The Bertz CT molecular complexity index is 685. The summed E-state index contributed by atoms with van der Waals surface area (Å²) in [6, 6.07) is 1.58. The summed E-state index contributed by atoms with van der Waals surface area (Å²) in [7, 11) is -2.02. The molecule has 0 fully saturated rings. The maximum atomic E-state index is 13.7. The van der Waals surface area contributed by atoms with Crippen molar-refractivity contribution >= 4 is 22.0 Å². The van der Waals surface area contributed by atoms with Gasteiger partial charge in [-0.25, -0.2) is 17.6 Å². The minimum absolute atomic E-state index is 0.225. The first-order chi connectivity index (χ1) is 9.61. The van der Waals surface area contributed by atoms with E-state index in [0.29, 0.717) is 4.31 Å². The van der Waals surface area contributed by atoms with E-state index in [1.165, 1.54) is 6.92 Å². The lowest BCUT2D eigenvalue weighted by Gasteiger charge is -2.18. The third-order valence-electron chi connectivity index (χ3n) is 2.81. The first-order valence-corrected chi connectivity index (χ1v) is 7.12. The van der Waals surface area contributed by atoms with E-state index in [2.05, 4.69) is 4.74 Å². The lowest BCUT2D eigenvalue weighted by atomic mass is 10.1. The van der Waals surface area contributed by atoms with Crippen LogP contribution in [0.2, 0.25) is 0 Å². The number of hydrogen-bond acceptors (Lipinski definition) is 5. The molecule has 0 aliphatic heterocycles. The van der Waals surface area contributed by atoms with Crippen LogP contribution in [0, 0.1) is 12.7 Å². The van der Waals surface area contributed by atoms with Crippen LogP contribution in [-0.2, 0) is 19.6 Å². The van der Waals surface area contributed by atoms with E-state index in [-0.39, 0.29) is 5.56 Å². The zero-order valence-electron chi connectivity index (χ0n) is 11.6. The van der Waals surface area contributed by atoms with Crippen LogP contribution in [0.25, 0.3) is 0 Å². The standard InChI is InChI=1S/C12H14FNO6S/c1-7-9(13)4-8(12(16)17)5-10(7)21(18,19)14(2)6-11(15)20-3/h4-5H,6H2,1-3H3,(H,16,17). The topological polar surface area (TPSA) is 101 Å². The molecular weight excluding hydrogens is 305 g/mol. The van der Waals surface area contributed by atoms with Crippen molar-refractivity contribution in [2.45, 2.75) is 11.8 Å². The number of aromatic carboxylic acids is 1. The number of benzene rings is 1. The normalized spacial score (nSPS) is 11.5. The maximum absolute atomic E-state index is 13.7. The van der Waals surface area contributed by atoms with Gasteiger partial charge in [0.25, 0.3) is 0 Å². The molecule has 0 unspecified atom stereocenters. The Kier molecular flexibility index (Phi) is 5.02. The number of carbonyl (C=O) groups is 2. The molecule has 116 valence electrons. The highest BCUT2D eigenvalue weighted by Crippen LogP contribution is 2.23. The first-order valence-electron chi connectivity index (χ1n) is 5.67. The molecule has 1 rings (SSSR count). The number of rotatable bonds is 5. The van der Waals surface area contributed by atoms with Crippen molar-refractivity contribution in [1.29, 1.82) is 0 Å². The van der Waals surface area contributed by atoms with Gasteiger partial charge in [-0.1, -0.05) is 0 Å². The molecule has 0 amide bonds. The van der Waals surface area contributed by atoms with Crippen LogP contribution in [0.15, 0.2) is 17.0 Å². The Labute approximate surface area is 121 Å². The quantitative estimate of drug-likeness (QED) is 0.799. The summed E-state index contributed by atoms with van der Waals surface area (Å²) in [6.45, 7) is 0.636. The highest BCUT2D eigenvalue weighted by molar-refractivity contribution is 7.89. The van der Waals surface area contributed by atoms with Crippen LogP contribution >= 0.6 is 0 Å². The molecule has 1 aromatic carbocycles. The highest BCUT2D eigenvalue weighted by Gasteiger charge is 2.27. The van der Waals surface area contributed by atoms with Crippen LogP contribution < -0.4 is 0 Å². The predicted octanol–water partition coefficient (Wildman–Crippen LogP) is 0.626. The van der Waals surface area contributed by atoms with Crippen LogP contribution in [0.5, 0.6) is 0 Å². The molecule has 7 nitrogen and oxygen atoms in total. The van der Waals surface area contributed by atoms with Gasteiger partial charge in [0.2, 0.25) is 10.0 Å². The van der Waals surface area contributed by atoms with E-state index in [9.17, 15) is 22.4 Å². The second kappa shape index (κ2) is 6.19. The van der Waals surface area contributed by atoms with Gasteiger partial charge < -0.3 is 9.84 Å². The summed E-state index contributed by atoms with van der Waals surface area (Å²) in [5, 5.41) is 8.86. The van der Waals surface area contributed by atoms with Crippen LogP contribution in [0.4, 0.5) is 4.39 Å². The lowest BCUT2D eigenvalue weighted by Crippen LogP contribution is -2.33. The van der Waals surface area contributed by atoms with Gasteiger partial charge in [-0.15, -0.1) is 0 Å². The Hall–Kier alpha value is -2.00. The Balaban J connectivity index is 3.37. The molecule has 21 heavy (non-hydrogen) atoms. The molecule has 1 aromatic rings. The van der Waals surface area contributed by atoms with Gasteiger partial charge in [-0.3, -0.25) is 4.79 Å². The molecule has 0 radical (unpaired) electrons. The highest BCUT2D eigenvalue weighted by atomic mass is 32.2. The average molecular weight is 319 g/mol. The summed E-state index contributed by atoms with van der Waals surface area (Å²) in [5.74, 6) is -3.21. The van der Waals surface area contributed by atoms with E-state index in [4.69, 9.17) is 5.11 Å². The fourth-order valence-corrected chi connectivity index (χ4v) is 2.92. The second-order valence-electron chi connectivity index (χ2n) is 4.22. The molecule has 0 aromatic heterocycles. The number of hydrogen-bond donors (Lipinski definition) is 1. The summed E-state index contributed by atoms with van der Waals surface area (Å²) in [5.41, 5.74) is -0.722. The van der Waals surface area contributed by atoms with Crippen molar-refractivity contribution in [3.8, 4) is 0 Å². The maximum Gasteiger partial charge on any atom is 0.335 e. The summed E-state index contributed by atoms with van der Waals surface area (Å²) in [6.07, 6.45) is 0. The van der Waals surface area contributed by atoms with Gasteiger partial charge in [0.05, 0.1) is 17.6 Å². The molecule has 0 spiro atoms. The van der Waals surface area contributed by atoms with E-state index >= 15 is 0 Å². The van der Waals surface area contributed by atoms with Crippen molar-refractivity contribution < 1.29 is 32.2 Å². The number of halogens is 1. The third kappa shape index (κ3) is 3.56. The van der Waals surface area contributed by atoms with Gasteiger partial charge in [0, 0.05) is 12.6 Å². The minimum atomic E-state index is -4.22. The molecule has 0 aliphatic carbocycles. The predicted molar refractivity (Wildman–Crippen MR) is 69.9 cm³/mol. The molecule has 0 bridgehead atoms. The Morgan fingerprint density at radius 2 is 1.95 bits per heavy atom. The van der Waals surface area contributed by atoms with E-state index in [1.807, 2.05) is 0 Å². The zero-order valence-corrected chi connectivity index (χ0v) is 12.4. The SMILES string of the molecule is COC(=O)CN(C)S(=O)(=O)c1cc(C(=O)O)cc(F)c1C. The number of carbonyl (C=O) groups excluding carboxylic acids is 1. The van der Waals surface area contributed by atoms with Crippen LogP contribution in [0.3, 0.4) is 0 Å². The number of likely N-dealkylation sites (N-methyl/N-ethyl adjacent to an activating group) is 1. The molecular formula is C12H14FNO6S. The zero-order chi connectivity index (χ0) is 16.4. The monoisotopic (exact) mass is 319 g/mol. The smallest absolute Gasteiger partial charge is 0.335 e. The second-order valence-corrected chi connectivity index (χ2v) is 6.24. The van der Waals surface area contributed by atoms with Crippen LogP contribution in [0.1, 0.15) is 15.9 Å². The fourth-order valence-electron chi connectivity index (χ4n) is 1.54. The van der Waals surface area contributed by atoms with Crippen molar-refractivity contribution in [3.63, 3.8) is 0 Å². The fraction of sp³-hybridized carbons (Fsp3) is 0.333. The van der Waals surface area contributed by atoms with Gasteiger partial charge in [0.15, 0.2) is 0 Å². The van der Waals surface area contributed by atoms with Gasteiger partial charge in [-0.05, 0) is 19.1 Å². The third-order valence-corrected chi connectivity index (χ3v) is 4.74. The molecule has 0 saturated carbocycles. The number of sulfonamides is 1. The Morgan fingerprint density at radius 3 is 2.43 bits per heavy atom. The lowest BCUT2D eigenvalue weighted by molar-refractivity contribution is -0.140. The summed E-state index contributed by atoms with van der Waals surface area (Å²) >= 11 is 0. The van der Waals surface area contributed by atoms with Gasteiger partial charge in [0.1, 0.15) is 12.4 Å². The summed E-state index contributed by atoms with van der Waals surface area (Å²) < 4.78 is 43.3. The number of esters is 1. The van der Waals surface area contributed by atoms with E-state index < -0.39 is 44.8 Å². The molecule has 0 atom stereocenters. The van der Waals surface area contributed by atoms with Crippen molar-refractivity contribution in [3.05, 3.63) is 29.1 Å². The molecule has 0 heterocycles. The number of ether oxygens (including phenoxy) is 1. The molecule has 1 N–H and O–H groups in total. The number of nitrogens with zero attached hydrogens (tertiary/aromatic N) is 1.